The fraction of sp³-hybridized carbons (Fsp3) is 0.333. The first-order valence-electron chi connectivity index (χ1n) is 9.57. The van der Waals surface area contributed by atoms with Gasteiger partial charge in [0.05, 0.1) is 42.9 Å². The van der Waals surface area contributed by atoms with E-state index in [1.807, 2.05) is 0 Å². The Kier molecular flexibility index (Phi) is 7.73. The van der Waals surface area contributed by atoms with E-state index in [-0.39, 0.29) is 34.1 Å². The molecule has 0 bridgehead atoms. The lowest BCUT2D eigenvalue weighted by Crippen LogP contribution is -2.40. The quantitative estimate of drug-likeness (QED) is 0.416. The highest BCUT2D eigenvalue weighted by molar-refractivity contribution is 7.89. The van der Waals surface area contributed by atoms with E-state index in [4.69, 9.17) is 30.5 Å². The summed E-state index contributed by atoms with van der Waals surface area (Å²) in [5.74, 6) is -0.588. The van der Waals surface area contributed by atoms with E-state index in [1.165, 1.54) is 42.8 Å². The van der Waals surface area contributed by atoms with E-state index >= 15 is 0 Å². The third-order valence-corrected chi connectivity index (χ3v) is 7.03. The van der Waals surface area contributed by atoms with Gasteiger partial charge in [-0.15, -0.1) is 0 Å². The minimum Gasteiger partial charge on any atom is -0.493 e. The second-order valence-corrected chi connectivity index (χ2v) is 9.07. The summed E-state index contributed by atoms with van der Waals surface area (Å²) in [4.78, 5) is 24.9. The van der Waals surface area contributed by atoms with Crippen molar-refractivity contribution in [2.75, 3.05) is 47.1 Å². The van der Waals surface area contributed by atoms with Crippen LogP contribution in [-0.4, -0.2) is 71.6 Å². The largest absolute Gasteiger partial charge is 0.493 e. The fourth-order valence-electron chi connectivity index (χ4n) is 3.06. The van der Waals surface area contributed by atoms with E-state index in [1.54, 1.807) is 6.07 Å². The number of Topliss-reactive ketones (excluding diaryl/α,β-unsaturated/α-hetero) is 1. The molecule has 32 heavy (non-hydrogen) atoms. The molecule has 3 rings (SSSR count). The average Bonchev–Trinajstić information content (AvgIpc) is 2.82. The number of nitrogens with zero attached hydrogens (tertiary/aromatic N) is 1. The fourth-order valence-corrected chi connectivity index (χ4v) is 4.69. The number of morpholine rings is 1. The van der Waals surface area contributed by atoms with Crippen molar-refractivity contribution in [1.82, 2.24) is 4.31 Å². The highest BCUT2D eigenvalue weighted by Crippen LogP contribution is 2.28. The van der Waals surface area contributed by atoms with Crippen LogP contribution in [0.25, 0.3) is 0 Å². The number of ether oxygens (including phenoxy) is 4. The number of carbonyl (C=O) groups excluding carboxylic acids is 2. The maximum absolute atomic E-state index is 12.8. The Morgan fingerprint density at radius 2 is 1.72 bits per heavy atom. The van der Waals surface area contributed by atoms with Crippen LogP contribution in [0, 0.1) is 0 Å². The molecule has 0 atom stereocenters. The second kappa shape index (κ2) is 10.3. The molecule has 1 aliphatic rings. The van der Waals surface area contributed by atoms with Crippen molar-refractivity contribution in [3.8, 4) is 11.5 Å². The van der Waals surface area contributed by atoms with Gasteiger partial charge in [-0.1, -0.05) is 11.6 Å². The number of benzene rings is 2. The molecule has 1 aliphatic heterocycles. The topological polar surface area (TPSA) is 108 Å². The third kappa shape index (κ3) is 5.21. The number of esters is 1. The molecule has 0 N–H and O–H groups in total. The van der Waals surface area contributed by atoms with Gasteiger partial charge in [-0.05, 0) is 36.4 Å². The Hall–Kier alpha value is -2.66. The molecule has 11 heteroatoms. The van der Waals surface area contributed by atoms with E-state index in [9.17, 15) is 18.0 Å². The van der Waals surface area contributed by atoms with Crippen molar-refractivity contribution in [2.45, 2.75) is 4.90 Å². The van der Waals surface area contributed by atoms with Crippen molar-refractivity contribution in [3.05, 3.63) is 52.5 Å². The van der Waals surface area contributed by atoms with Crippen LogP contribution in [0.15, 0.2) is 41.3 Å². The molecule has 0 amide bonds. The first kappa shape index (κ1) is 24.0. The number of hydrogen-bond donors (Lipinski definition) is 0. The number of halogens is 1. The first-order valence-corrected chi connectivity index (χ1v) is 11.4. The van der Waals surface area contributed by atoms with Gasteiger partial charge in [0.2, 0.25) is 10.0 Å². The summed E-state index contributed by atoms with van der Waals surface area (Å²) < 4.78 is 47.5. The van der Waals surface area contributed by atoms with Crippen molar-refractivity contribution in [3.63, 3.8) is 0 Å². The molecule has 9 nitrogen and oxygen atoms in total. The lowest BCUT2D eigenvalue weighted by molar-refractivity contribution is 0.0474. The summed E-state index contributed by atoms with van der Waals surface area (Å²) in [6, 6.07) is 8.32. The molecule has 2 aromatic carbocycles. The molecule has 0 unspecified atom stereocenters. The van der Waals surface area contributed by atoms with Gasteiger partial charge in [-0.25, -0.2) is 13.2 Å². The summed E-state index contributed by atoms with van der Waals surface area (Å²) in [6.45, 7) is 0.445. The number of ketones is 1. The van der Waals surface area contributed by atoms with Crippen LogP contribution in [-0.2, 0) is 19.5 Å². The molecule has 0 saturated carbocycles. The zero-order valence-corrected chi connectivity index (χ0v) is 19.1. The van der Waals surface area contributed by atoms with Crippen LogP contribution in [0.5, 0.6) is 11.5 Å². The van der Waals surface area contributed by atoms with Gasteiger partial charge >= 0.3 is 5.97 Å². The van der Waals surface area contributed by atoms with Crippen LogP contribution in [0.1, 0.15) is 20.7 Å². The van der Waals surface area contributed by atoms with Crippen LogP contribution in [0.3, 0.4) is 0 Å². The Labute approximate surface area is 190 Å². The molecule has 1 heterocycles. The average molecular weight is 484 g/mol. The molecule has 1 fully saturated rings. The van der Waals surface area contributed by atoms with Crippen molar-refractivity contribution < 1.29 is 37.0 Å². The summed E-state index contributed by atoms with van der Waals surface area (Å²) in [6.07, 6.45) is 0. The number of carbonyl (C=O) groups is 2. The predicted octanol–water partition coefficient (Wildman–Crippen LogP) is 2.42. The van der Waals surface area contributed by atoms with Crippen LogP contribution in [0.4, 0.5) is 0 Å². The SMILES string of the molecule is COc1ccc(C(=O)COC(=O)c2cc(S(=O)(=O)N3CCOCC3)ccc2Cl)cc1OC. The molecule has 0 aliphatic carbocycles. The molecular formula is C21H22ClNO8S. The molecule has 172 valence electrons. The van der Waals surface area contributed by atoms with Gasteiger partial charge in [-0.3, -0.25) is 4.79 Å². The Balaban J connectivity index is 1.74. The zero-order chi connectivity index (χ0) is 23.3. The van der Waals surface area contributed by atoms with E-state index in [2.05, 4.69) is 0 Å². The highest BCUT2D eigenvalue weighted by Gasteiger charge is 2.28. The summed E-state index contributed by atoms with van der Waals surface area (Å²) >= 11 is 6.09. The maximum atomic E-state index is 12.8. The molecule has 0 radical (unpaired) electrons. The van der Waals surface area contributed by atoms with Gasteiger partial charge in [0.15, 0.2) is 23.9 Å². The predicted molar refractivity (Wildman–Crippen MR) is 115 cm³/mol. The van der Waals surface area contributed by atoms with Gasteiger partial charge in [0, 0.05) is 18.7 Å². The Morgan fingerprint density at radius 1 is 1.03 bits per heavy atom. The van der Waals surface area contributed by atoms with Crippen LogP contribution >= 0.6 is 11.6 Å². The maximum Gasteiger partial charge on any atom is 0.340 e. The summed E-state index contributed by atoms with van der Waals surface area (Å²) in [7, 11) is -0.922. The Morgan fingerprint density at radius 3 is 2.38 bits per heavy atom. The van der Waals surface area contributed by atoms with Crippen LogP contribution < -0.4 is 9.47 Å². The van der Waals surface area contributed by atoms with Gasteiger partial charge < -0.3 is 18.9 Å². The van der Waals surface area contributed by atoms with Crippen LogP contribution in [0.2, 0.25) is 5.02 Å². The number of hydrogen-bond acceptors (Lipinski definition) is 8. The standard InChI is InChI=1S/C21H22ClNO8S/c1-28-19-6-3-14(11-20(19)29-2)18(24)13-31-21(25)16-12-15(4-5-17(16)22)32(26,27)23-7-9-30-10-8-23/h3-6,11-12H,7-10,13H2,1-2H3. The number of sulfonamides is 1. The Bertz CT molecular complexity index is 1110. The van der Waals surface area contributed by atoms with Crippen molar-refractivity contribution in [2.24, 2.45) is 0 Å². The molecule has 0 spiro atoms. The van der Waals surface area contributed by atoms with Gasteiger partial charge in [-0.2, -0.15) is 4.31 Å². The third-order valence-electron chi connectivity index (χ3n) is 4.81. The lowest BCUT2D eigenvalue weighted by Gasteiger charge is -2.26. The van der Waals surface area contributed by atoms with Gasteiger partial charge in [0.25, 0.3) is 0 Å². The highest BCUT2D eigenvalue weighted by atomic mass is 35.5. The van der Waals surface area contributed by atoms with Gasteiger partial charge in [0.1, 0.15) is 0 Å². The minimum atomic E-state index is -3.83. The normalized spacial score (nSPS) is 14.6. The first-order chi connectivity index (χ1) is 15.3. The number of rotatable bonds is 8. The lowest BCUT2D eigenvalue weighted by atomic mass is 10.1. The summed E-state index contributed by atoms with van der Waals surface area (Å²) in [5, 5.41) is 0.00879. The monoisotopic (exact) mass is 483 g/mol. The van der Waals surface area contributed by atoms with E-state index in [0.29, 0.717) is 24.7 Å². The molecule has 0 aromatic heterocycles. The number of methoxy groups -OCH3 is 2. The zero-order valence-electron chi connectivity index (χ0n) is 17.5. The van der Waals surface area contributed by atoms with Crippen molar-refractivity contribution >= 4 is 33.4 Å². The molecular weight excluding hydrogens is 462 g/mol. The summed E-state index contributed by atoms with van der Waals surface area (Å²) in [5.41, 5.74) is 0.103. The van der Waals surface area contributed by atoms with E-state index in [0.717, 1.165) is 6.07 Å². The molecule has 2 aromatic rings. The second-order valence-electron chi connectivity index (χ2n) is 6.73. The van der Waals surface area contributed by atoms with E-state index < -0.39 is 28.4 Å². The van der Waals surface area contributed by atoms with Crippen molar-refractivity contribution in [1.29, 1.82) is 0 Å². The molecule has 1 saturated heterocycles. The smallest absolute Gasteiger partial charge is 0.340 e. The minimum absolute atomic E-state index is 0.00879.